The molecule has 3 atom stereocenters. The van der Waals surface area contributed by atoms with Crippen LogP contribution in [-0.4, -0.2) is 38.0 Å². The zero-order valence-electron chi connectivity index (χ0n) is 14.0. The summed E-state index contributed by atoms with van der Waals surface area (Å²) >= 11 is 0. The van der Waals surface area contributed by atoms with Crippen LogP contribution in [0.25, 0.3) is 0 Å². The highest BCUT2D eigenvalue weighted by molar-refractivity contribution is 5.43. The first kappa shape index (κ1) is 17.1. The molecule has 0 bridgehead atoms. The second-order valence-corrected chi connectivity index (χ2v) is 6.29. The fraction of sp³-hybridized carbons (Fsp3) is 0.667. The van der Waals surface area contributed by atoms with Gasteiger partial charge in [0.05, 0.1) is 14.2 Å². The molecule has 0 radical (unpaired) electrons. The normalized spacial score (nSPS) is 23.1. The molecule has 4 nitrogen and oxygen atoms in total. The van der Waals surface area contributed by atoms with Crippen LogP contribution in [0.2, 0.25) is 0 Å². The molecule has 2 N–H and O–H groups in total. The first-order chi connectivity index (χ1) is 10.7. The summed E-state index contributed by atoms with van der Waals surface area (Å²) < 4.78 is 10.6. The molecule has 1 aromatic carbocycles. The summed E-state index contributed by atoms with van der Waals surface area (Å²) in [5, 5.41) is 13.2. The number of hydrogen-bond donors (Lipinski definition) is 2. The van der Waals surface area contributed by atoms with E-state index < -0.39 is 0 Å². The quantitative estimate of drug-likeness (QED) is 0.813. The lowest BCUT2D eigenvalue weighted by molar-refractivity contribution is 0.147. The Hall–Kier alpha value is -1.26. The van der Waals surface area contributed by atoms with Crippen molar-refractivity contribution in [3.05, 3.63) is 23.8 Å². The van der Waals surface area contributed by atoms with Crippen molar-refractivity contribution in [3.8, 4) is 11.5 Å². The molecule has 0 aliphatic heterocycles. The average Bonchev–Trinajstić information content (AvgIpc) is 2.55. The lowest BCUT2D eigenvalue weighted by Gasteiger charge is -2.33. The van der Waals surface area contributed by atoms with Crippen molar-refractivity contribution >= 4 is 0 Å². The molecule has 1 aromatic rings. The summed E-state index contributed by atoms with van der Waals surface area (Å²) in [5.74, 6) is 1.94. The Bertz CT molecular complexity index is 464. The van der Waals surface area contributed by atoms with E-state index in [2.05, 4.69) is 18.3 Å². The van der Waals surface area contributed by atoms with E-state index in [4.69, 9.17) is 9.47 Å². The molecule has 0 amide bonds. The van der Waals surface area contributed by atoms with Crippen LogP contribution < -0.4 is 14.8 Å². The van der Waals surface area contributed by atoms with Crippen molar-refractivity contribution in [2.24, 2.45) is 5.92 Å². The van der Waals surface area contributed by atoms with Crippen molar-refractivity contribution < 1.29 is 14.6 Å². The predicted octanol–water partition coefficient (Wildman–Crippen LogP) is 2.78. The number of aliphatic hydroxyl groups excluding tert-OH is 1. The summed E-state index contributed by atoms with van der Waals surface area (Å²) in [4.78, 5) is 0. The molecule has 2 rings (SSSR count). The van der Waals surface area contributed by atoms with Gasteiger partial charge in [-0.15, -0.1) is 0 Å². The van der Waals surface area contributed by atoms with Gasteiger partial charge >= 0.3 is 0 Å². The van der Waals surface area contributed by atoms with Gasteiger partial charge in [0.2, 0.25) is 0 Å². The smallest absolute Gasteiger partial charge is 0.160 e. The fourth-order valence-electron chi connectivity index (χ4n) is 3.43. The summed E-state index contributed by atoms with van der Waals surface area (Å²) in [5.41, 5.74) is 1.23. The van der Waals surface area contributed by atoms with Crippen LogP contribution in [0.1, 0.15) is 38.2 Å². The molecule has 22 heavy (non-hydrogen) atoms. The minimum atomic E-state index is 0.292. The van der Waals surface area contributed by atoms with Crippen LogP contribution in [0.3, 0.4) is 0 Å². The molecular formula is C18H29NO3. The van der Waals surface area contributed by atoms with Gasteiger partial charge in [-0.2, -0.15) is 0 Å². The van der Waals surface area contributed by atoms with Gasteiger partial charge in [-0.1, -0.05) is 18.9 Å². The Morgan fingerprint density at radius 3 is 2.59 bits per heavy atom. The van der Waals surface area contributed by atoms with Crippen molar-refractivity contribution in [1.29, 1.82) is 0 Å². The third kappa shape index (κ3) is 4.37. The van der Waals surface area contributed by atoms with Crippen LogP contribution >= 0.6 is 0 Å². The molecule has 1 fully saturated rings. The number of ether oxygens (including phenoxy) is 2. The van der Waals surface area contributed by atoms with E-state index in [9.17, 15) is 5.11 Å². The predicted molar refractivity (Wildman–Crippen MR) is 88.7 cm³/mol. The molecule has 1 aliphatic rings. The molecule has 0 aromatic heterocycles. The highest BCUT2D eigenvalue weighted by atomic mass is 16.5. The number of methoxy groups -OCH3 is 2. The number of benzene rings is 1. The first-order valence-corrected chi connectivity index (χ1v) is 8.25. The van der Waals surface area contributed by atoms with Gasteiger partial charge in [0.1, 0.15) is 0 Å². The van der Waals surface area contributed by atoms with E-state index in [1.165, 1.54) is 24.8 Å². The molecule has 0 saturated heterocycles. The maximum atomic E-state index is 9.52. The zero-order valence-corrected chi connectivity index (χ0v) is 14.0. The molecule has 124 valence electrons. The molecular weight excluding hydrogens is 278 g/mol. The van der Waals surface area contributed by atoms with Gasteiger partial charge < -0.3 is 19.9 Å². The van der Waals surface area contributed by atoms with E-state index in [1.54, 1.807) is 14.2 Å². The molecule has 0 unspecified atom stereocenters. The van der Waals surface area contributed by atoms with Crippen molar-refractivity contribution in [2.45, 2.75) is 51.1 Å². The van der Waals surface area contributed by atoms with Gasteiger partial charge in [0.25, 0.3) is 0 Å². The molecule has 1 saturated carbocycles. The maximum absolute atomic E-state index is 9.52. The highest BCUT2D eigenvalue weighted by Gasteiger charge is 2.25. The van der Waals surface area contributed by atoms with E-state index in [1.807, 2.05) is 12.1 Å². The third-order valence-corrected chi connectivity index (χ3v) is 4.63. The standard InChI is InChI=1S/C18H29NO3/c1-13(19-16-7-5-4-6-15(16)12-20)10-14-8-9-17(21-2)18(11-14)22-3/h8-9,11,13,15-16,19-20H,4-7,10,12H2,1-3H3/t13-,15+,16-/m0/s1. The number of hydrogen-bond acceptors (Lipinski definition) is 4. The first-order valence-electron chi connectivity index (χ1n) is 8.25. The van der Waals surface area contributed by atoms with E-state index >= 15 is 0 Å². The van der Waals surface area contributed by atoms with Gasteiger partial charge in [-0.3, -0.25) is 0 Å². The van der Waals surface area contributed by atoms with E-state index in [0.717, 1.165) is 24.3 Å². The number of rotatable bonds is 7. The summed E-state index contributed by atoms with van der Waals surface area (Å²) in [7, 11) is 3.32. The van der Waals surface area contributed by atoms with E-state index in [-0.39, 0.29) is 0 Å². The fourth-order valence-corrected chi connectivity index (χ4v) is 3.43. The zero-order chi connectivity index (χ0) is 15.9. The molecule has 4 heteroatoms. The summed E-state index contributed by atoms with van der Waals surface area (Å²) in [6.07, 6.45) is 5.75. The second-order valence-electron chi connectivity index (χ2n) is 6.29. The van der Waals surface area contributed by atoms with Crippen molar-refractivity contribution in [3.63, 3.8) is 0 Å². The molecule has 0 spiro atoms. The Kier molecular flexibility index (Phi) is 6.52. The topological polar surface area (TPSA) is 50.7 Å². The minimum absolute atomic E-state index is 0.292. The van der Waals surface area contributed by atoms with Gasteiger partial charge in [-0.25, -0.2) is 0 Å². The summed E-state index contributed by atoms with van der Waals surface area (Å²) in [6, 6.07) is 6.90. The Morgan fingerprint density at radius 1 is 1.18 bits per heavy atom. The van der Waals surface area contributed by atoms with Crippen LogP contribution in [0.5, 0.6) is 11.5 Å². The average molecular weight is 307 g/mol. The number of aliphatic hydroxyl groups is 1. The summed E-state index contributed by atoms with van der Waals surface area (Å²) in [6.45, 7) is 2.50. The van der Waals surface area contributed by atoms with Gasteiger partial charge in [-0.05, 0) is 49.8 Å². The number of nitrogens with one attached hydrogen (secondary N) is 1. The lowest BCUT2D eigenvalue weighted by Crippen LogP contribution is -2.45. The van der Waals surface area contributed by atoms with Gasteiger partial charge in [0, 0.05) is 18.7 Å². The molecule has 1 aliphatic carbocycles. The van der Waals surface area contributed by atoms with Crippen molar-refractivity contribution in [2.75, 3.05) is 20.8 Å². The Balaban J connectivity index is 1.95. The monoisotopic (exact) mass is 307 g/mol. The largest absolute Gasteiger partial charge is 0.493 e. The van der Waals surface area contributed by atoms with Crippen LogP contribution in [0.15, 0.2) is 18.2 Å². The van der Waals surface area contributed by atoms with Gasteiger partial charge in [0.15, 0.2) is 11.5 Å². The van der Waals surface area contributed by atoms with Crippen LogP contribution in [0.4, 0.5) is 0 Å². The Labute approximate surface area is 133 Å². The van der Waals surface area contributed by atoms with Crippen LogP contribution in [-0.2, 0) is 6.42 Å². The highest BCUT2D eigenvalue weighted by Crippen LogP contribution is 2.28. The van der Waals surface area contributed by atoms with Crippen molar-refractivity contribution in [1.82, 2.24) is 5.32 Å². The third-order valence-electron chi connectivity index (χ3n) is 4.63. The van der Waals surface area contributed by atoms with E-state index in [0.29, 0.717) is 24.6 Å². The minimum Gasteiger partial charge on any atom is -0.493 e. The Morgan fingerprint density at radius 2 is 1.91 bits per heavy atom. The molecule has 0 heterocycles. The van der Waals surface area contributed by atoms with Crippen LogP contribution in [0, 0.1) is 5.92 Å². The second kappa shape index (κ2) is 8.39. The lowest BCUT2D eigenvalue weighted by atomic mass is 9.84. The SMILES string of the molecule is COc1ccc(C[C@H](C)N[C@H]2CCCC[C@@H]2CO)cc1OC. The maximum Gasteiger partial charge on any atom is 0.160 e.